The lowest BCUT2D eigenvalue weighted by Crippen LogP contribution is -2.39. The molecule has 0 radical (unpaired) electrons. The van der Waals surface area contributed by atoms with Crippen LogP contribution in [0.3, 0.4) is 0 Å². The lowest BCUT2D eigenvalue weighted by Gasteiger charge is -2.22. The minimum atomic E-state index is -1.67. The lowest BCUT2D eigenvalue weighted by molar-refractivity contribution is 0.163. The number of nitrogens with one attached hydrogen (secondary N) is 1. The molecule has 0 amide bonds. The summed E-state index contributed by atoms with van der Waals surface area (Å²) < 4.78 is 14.2. The Kier molecular flexibility index (Phi) is 7.73. The highest BCUT2D eigenvalue weighted by molar-refractivity contribution is 6.36. The topological polar surface area (TPSA) is 39.7 Å². The van der Waals surface area contributed by atoms with Gasteiger partial charge in [0.1, 0.15) is 0 Å². The highest BCUT2D eigenvalue weighted by Crippen LogP contribution is 1.96. The zero-order chi connectivity index (χ0) is 9.40. The van der Waals surface area contributed by atoms with Crippen molar-refractivity contribution in [2.24, 2.45) is 0 Å². The molecule has 12 heavy (non-hydrogen) atoms. The third-order valence-electron chi connectivity index (χ3n) is 1.65. The van der Waals surface area contributed by atoms with Gasteiger partial charge in [0, 0.05) is 27.4 Å². The number of rotatable bonds is 3. The molecular formula is C7H19NO3Si. The molecule has 74 valence electrons. The van der Waals surface area contributed by atoms with E-state index < -0.39 is 9.53 Å². The van der Waals surface area contributed by atoms with Gasteiger partial charge in [-0.15, -0.1) is 0 Å². The number of hydrogen-bond acceptors (Lipinski definition) is 4. The molecule has 1 N–H and O–H groups in total. The summed E-state index contributed by atoms with van der Waals surface area (Å²) in [5, 5.41) is 3.21. The van der Waals surface area contributed by atoms with E-state index in [1.54, 1.807) is 21.3 Å². The van der Waals surface area contributed by atoms with Crippen LogP contribution in [0, 0.1) is 0 Å². The fourth-order valence-electron chi connectivity index (χ4n) is 0.722. The van der Waals surface area contributed by atoms with Crippen LogP contribution in [0.5, 0.6) is 0 Å². The fourth-order valence-corrected chi connectivity index (χ4v) is 1.30. The Morgan fingerprint density at radius 2 is 1.50 bits per heavy atom. The molecule has 1 heterocycles. The Hall–Kier alpha value is 0.0569. The van der Waals surface area contributed by atoms with E-state index in [0.29, 0.717) is 0 Å². The van der Waals surface area contributed by atoms with Crippen molar-refractivity contribution in [1.82, 2.24) is 5.32 Å². The van der Waals surface area contributed by atoms with E-state index in [2.05, 4.69) is 12.2 Å². The average Bonchev–Trinajstić information content (AvgIpc) is 2.05. The molecule has 0 aromatic carbocycles. The van der Waals surface area contributed by atoms with Crippen molar-refractivity contribution in [2.45, 2.75) is 19.4 Å². The van der Waals surface area contributed by atoms with Gasteiger partial charge in [-0.3, -0.25) is 0 Å². The molecule has 0 aromatic rings. The quantitative estimate of drug-likeness (QED) is 0.641. The summed E-state index contributed by atoms with van der Waals surface area (Å²) >= 11 is 0. The largest absolute Gasteiger partial charge is 0.483 e. The van der Waals surface area contributed by atoms with Crippen LogP contribution >= 0.6 is 0 Å². The number of hydrogen-bond donors (Lipinski definition) is 1. The normalized spacial score (nSPS) is 21.2. The van der Waals surface area contributed by atoms with Crippen LogP contribution < -0.4 is 5.32 Å². The van der Waals surface area contributed by atoms with E-state index in [1.165, 1.54) is 13.0 Å². The monoisotopic (exact) mass is 193 g/mol. The van der Waals surface area contributed by atoms with E-state index in [4.69, 9.17) is 13.3 Å². The van der Waals surface area contributed by atoms with Crippen LogP contribution in [0.4, 0.5) is 0 Å². The third kappa shape index (κ3) is 5.67. The van der Waals surface area contributed by atoms with E-state index >= 15 is 0 Å². The zero-order valence-electron chi connectivity index (χ0n) is 8.29. The van der Waals surface area contributed by atoms with Crippen molar-refractivity contribution in [3.05, 3.63) is 0 Å². The predicted octanol–water partition coefficient (Wildman–Crippen LogP) is 0.0110. The van der Waals surface area contributed by atoms with Crippen LogP contribution in [-0.4, -0.2) is 43.4 Å². The van der Waals surface area contributed by atoms with Crippen LogP contribution in [0.2, 0.25) is 0 Å². The second kappa shape index (κ2) is 7.69. The first-order valence-electron chi connectivity index (χ1n) is 4.06. The Morgan fingerprint density at radius 1 is 1.17 bits per heavy atom. The Balaban J connectivity index is 0.000000211. The fraction of sp³-hybridized carbons (Fsp3) is 1.00. The van der Waals surface area contributed by atoms with Gasteiger partial charge in [0.05, 0.1) is 0 Å². The van der Waals surface area contributed by atoms with Crippen molar-refractivity contribution >= 4 is 9.53 Å². The van der Waals surface area contributed by atoms with Crippen molar-refractivity contribution in [3.8, 4) is 0 Å². The molecular weight excluding hydrogens is 174 g/mol. The molecule has 0 aliphatic carbocycles. The molecule has 4 nitrogen and oxygen atoms in total. The Bertz CT molecular complexity index is 91.1. The highest BCUT2D eigenvalue weighted by atomic mass is 28.3. The molecule has 1 unspecified atom stereocenters. The first-order chi connectivity index (χ1) is 5.74. The second-order valence-electron chi connectivity index (χ2n) is 2.64. The van der Waals surface area contributed by atoms with Gasteiger partial charge in [-0.2, -0.15) is 0 Å². The molecule has 1 fully saturated rings. The van der Waals surface area contributed by atoms with Crippen molar-refractivity contribution in [3.63, 3.8) is 0 Å². The molecule has 5 heteroatoms. The lowest BCUT2D eigenvalue weighted by atomic mass is 10.1. The SMILES string of the molecule is CC1CCN1.CO[SiH](OC)OC. The third-order valence-corrected chi connectivity index (χ3v) is 2.80. The molecule has 1 saturated heterocycles. The first-order valence-corrected chi connectivity index (χ1v) is 5.47. The van der Waals surface area contributed by atoms with Gasteiger partial charge in [-0.05, 0) is 19.9 Å². The molecule has 1 aliphatic heterocycles. The van der Waals surface area contributed by atoms with Crippen LogP contribution in [0.1, 0.15) is 13.3 Å². The molecule has 0 bridgehead atoms. The minimum Gasteiger partial charge on any atom is -0.379 e. The average molecular weight is 193 g/mol. The van der Waals surface area contributed by atoms with Crippen LogP contribution in [0.25, 0.3) is 0 Å². The minimum absolute atomic E-state index is 0.815. The van der Waals surface area contributed by atoms with Crippen LogP contribution in [0.15, 0.2) is 0 Å². The molecule has 0 saturated carbocycles. The zero-order valence-corrected chi connectivity index (χ0v) is 9.45. The maximum absolute atomic E-state index is 4.74. The van der Waals surface area contributed by atoms with Gasteiger partial charge in [0.2, 0.25) is 0 Å². The van der Waals surface area contributed by atoms with Crippen molar-refractivity contribution in [2.75, 3.05) is 27.9 Å². The maximum atomic E-state index is 4.74. The maximum Gasteiger partial charge on any atom is 0.483 e. The Morgan fingerprint density at radius 3 is 1.50 bits per heavy atom. The molecule has 0 spiro atoms. The van der Waals surface area contributed by atoms with Crippen molar-refractivity contribution < 1.29 is 13.3 Å². The van der Waals surface area contributed by atoms with Crippen LogP contribution in [-0.2, 0) is 13.3 Å². The van der Waals surface area contributed by atoms with E-state index in [-0.39, 0.29) is 0 Å². The standard InChI is InChI=1S/C4H9N.C3H10O3Si/c1-4-2-3-5-4;1-4-7(5-2)6-3/h4-5H,2-3H2,1H3;7H,1-3H3. The van der Waals surface area contributed by atoms with Gasteiger partial charge in [0.25, 0.3) is 0 Å². The summed E-state index contributed by atoms with van der Waals surface area (Å²) in [7, 11) is 3.05. The predicted molar refractivity (Wildman–Crippen MR) is 50.3 cm³/mol. The van der Waals surface area contributed by atoms with Gasteiger partial charge in [-0.1, -0.05) is 0 Å². The van der Waals surface area contributed by atoms with E-state index in [0.717, 1.165) is 6.04 Å². The van der Waals surface area contributed by atoms with Gasteiger partial charge < -0.3 is 18.6 Å². The van der Waals surface area contributed by atoms with Gasteiger partial charge in [0.15, 0.2) is 0 Å². The molecule has 1 atom stereocenters. The summed E-state index contributed by atoms with van der Waals surface area (Å²) in [6.45, 7) is 3.44. The summed E-state index contributed by atoms with van der Waals surface area (Å²) in [4.78, 5) is 0. The smallest absolute Gasteiger partial charge is 0.379 e. The summed E-state index contributed by atoms with van der Waals surface area (Å²) in [5.74, 6) is 0. The molecule has 1 aliphatic rings. The van der Waals surface area contributed by atoms with Gasteiger partial charge in [-0.25, -0.2) is 0 Å². The highest BCUT2D eigenvalue weighted by Gasteiger charge is 2.07. The Labute approximate surface area is 76.2 Å². The molecule has 1 rings (SSSR count). The summed E-state index contributed by atoms with van der Waals surface area (Å²) in [6.07, 6.45) is 1.38. The van der Waals surface area contributed by atoms with Gasteiger partial charge >= 0.3 is 9.53 Å². The second-order valence-corrected chi connectivity index (χ2v) is 4.63. The molecule has 0 aromatic heterocycles. The van der Waals surface area contributed by atoms with E-state index in [1.807, 2.05) is 0 Å². The summed E-state index contributed by atoms with van der Waals surface area (Å²) in [6, 6.07) is 0.815. The van der Waals surface area contributed by atoms with E-state index in [9.17, 15) is 0 Å². The van der Waals surface area contributed by atoms with Crippen molar-refractivity contribution in [1.29, 1.82) is 0 Å². The summed E-state index contributed by atoms with van der Waals surface area (Å²) in [5.41, 5.74) is 0. The first kappa shape index (κ1) is 12.1.